The van der Waals surface area contributed by atoms with E-state index in [0.717, 1.165) is 26.6 Å². The summed E-state index contributed by atoms with van der Waals surface area (Å²) in [5.41, 5.74) is 3.06. The topological polar surface area (TPSA) is 23.1 Å². The lowest BCUT2D eigenvalue weighted by atomic mass is 10.0. The van der Waals surface area contributed by atoms with E-state index in [9.17, 15) is 5.11 Å². The highest BCUT2D eigenvalue weighted by Crippen LogP contribution is 2.23. The van der Waals surface area contributed by atoms with E-state index in [2.05, 4.69) is 67.3 Å². The van der Waals surface area contributed by atoms with Gasteiger partial charge in [-0.25, -0.2) is 0 Å². The number of benzene rings is 2. The number of rotatable bonds is 17. The smallest absolute Gasteiger partial charge is 0.104 e. The number of unbranched alkanes of at least 4 members (excludes halogenated alkanes) is 13. The number of halogens is 1. The maximum absolute atomic E-state index is 11.1. The summed E-state index contributed by atoms with van der Waals surface area (Å²) < 4.78 is 2.09. The zero-order valence-corrected chi connectivity index (χ0v) is 25.7. The Balaban J connectivity index is 0.000000537. The fourth-order valence-corrected chi connectivity index (χ4v) is 5.48. The minimum Gasteiger partial charge on any atom is -0.872 e. The fraction of sp³-hybridized carbons (Fsp3) is 0.636. The molecule has 36 heavy (non-hydrogen) atoms. The summed E-state index contributed by atoms with van der Waals surface area (Å²) in [7, 11) is 4.74. The summed E-state index contributed by atoms with van der Waals surface area (Å²) in [6.45, 7) is 8.39. The maximum Gasteiger partial charge on any atom is 0.104 e. The first kappa shape index (κ1) is 32.7. The third kappa shape index (κ3) is 16.4. The summed E-state index contributed by atoms with van der Waals surface area (Å²) in [5, 5.41) is 11.1. The molecule has 2 rings (SSSR count). The van der Waals surface area contributed by atoms with E-state index in [1.54, 1.807) is 0 Å². The van der Waals surface area contributed by atoms with Crippen LogP contribution in [0.3, 0.4) is 0 Å². The average Bonchev–Trinajstić information content (AvgIpc) is 2.83. The van der Waals surface area contributed by atoms with E-state index in [4.69, 9.17) is 0 Å². The number of hydrogen-bond donors (Lipinski definition) is 0. The first-order valence-corrected chi connectivity index (χ1v) is 15.3. The first-order chi connectivity index (χ1) is 17.2. The Kier molecular flexibility index (Phi) is 17.9. The Labute approximate surface area is 232 Å². The van der Waals surface area contributed by atoms with Crippen LogP contribution in [0.25, 0.3) is 0 Å². The fourth-order valence-electron chi connectivity index (χ4n) is 4.79. The summed E-state index contributed by atoms with van der Waals surface area (Å²) in [6.07, 6.45) is 20.2. The van der Waals surface area contributed by atoms with Crippen molar-refractivity contribution in [1.29, 1.82) is 0 Å². The summed E-state index contributed by atoms with van der Waals surface area (Å²) in [5.74, 6) is 0.142. The van der Waals surface area contributed by atoms with Gasteiger partial charge in [0.1, 0.15) is 6.54 Å². The van der Waals surface area contributed by atoms with Gasteiger partial charge in [0.15, 0.2) is 0 Å². The number of nitrogens with zero attached hydrogens (tertiary/aromatic N) is 1. The van der Waals surface area contributed by atoms with Crippen LogP contribution < -0.4 is 5.11 Å². The van der Waals surface area contributed by atoms with Crippen LogP contribution in [0, 0.1) is 13.8 Å². The molecular formula is C33H54BrNO. The molecule has 204 valence electrons. The second-order valence-electron chi connectivity index (χ2n) is 11.3. The van der Waals surface area contributed by atoms with Crippen molar-refractivity contribution in [3.05, 3.63) is 63.6 Å². The van der Waals surface area contributed by atoms with Crippen LogP contribution in [0.5, 0.6) is 5.75 Å². The lowest BCUT2D eigenvalue weighted by molar-refractivity contribution is -0.903. The molecule has 0 amide bonds. The third-order valence-electron chi connectivity index (χ3n) is 7.00. The van der Waals surface area contributed by atoms with E-state index in [-0.39, 0.29) is 5.75 Å². The Morgan fingerprint density at radius 2 is 1.08 bits per heavy atom. The molecule has 0 heterocycles. The van der Waals surface area contributed by atoms with Crippen molar-refractivity contribution in [2.45, 2.75) is 117 Å². The molecule has 0 atom stereocenters. The van der Waals surface area contributed by atoms with E-state index < -0.39 is 0 Å². The molecule has 2 aromatic rings. The van der Waals surface area contributed by atoms with Crippen molar-refractivity contribution in [3.8, 4) is 5.75 Å². The van der Waals surface area contributed by atoms with Gasteiger partial charge in [0.05, 0.1) is 20.6 Å². The third-order valence-corrected chi connectivity index (χ3v) is 7.45. The average molecular weight is 561 g/mol. The minimum atomic E-state index is 0.142. The van der Waals surface area contributed by atoms with Crippen molar-refractivity contribution in [2.24, 2.45) is 0 Å². The molecule has 2 aromatic carbocycles. The molecule has 0 spiro atoms. The molecule has 0 bridgehead atoms. The van der Waals surface area contributed by atoms with E-state index >= 15 is 0 Å². The Bertz CT molecular complexity index is 780. The molecule has 0 unspecified atom stereocenters. The largest absolute Gasteiger partial charge is 0.872 e. The highest BCUT2D eigenvalue weighted by atomic mass is 79.9. The van der Waals surface area contributed by atoms with Gasteiger partial charge in [-0.2, -0.15) is 0 Å². The number of quaternary nitrogens is 1. The molecule has 0 saturated heterocycles. The van der Waals surface area contributed by atoms with Gasteiger partial charge in [0.25, 0.3) is 0 Å². The standard InChI is InChI=1S/C25H46N.C8H9BrO/c1-4-5-6-7-8-9-10-11-12-13-14-15-16-20-23-26(2,3)24-25-21-18-17-19-22-25;1-5-3-7(9)4-6(2)8(5)10/h17-19,21-22H,4-16,20,23-24H2,1-3H3;3-4,10H,1-2H3/q+1;/p-1. The Morgan fingerprint density at radius 1 is 0.667 bits per heavy atom. The van der Waals surface area contributed by atoms with Gasteiger partial charge < -0.3 is 9.59 Å². The highest BCUT2D eigenvalue weighted by Gasteiger charge is 2.14. The van der Waals surface area contributed by atoms with Crippen molar-refractivity contribution in [2.75, 3.05) is 20.6 Å². The zero-order chi connectivity index (χ0) is 26.7. The van der Waals surface area contributed by atoms with E-state index in [1.165, 1.54) is 102 Å². The van der Waals surface area contributed by atoms with Crippen molar-refractivity contribution < 1.29 is 9.59 Å². The van der Waals surface area contributed by atoms with Crippen LogP contribution in [0.4, 0.5) is 0 Å². The Hall–Kier alpha value is -1.32. The maximum atomic E-state index is 11.1. The molecule has 0 aliphatic heterocycles. The minimum absolute atomic E-state index is 0.142. The molecule has 0 aliphatic rings. The van der Waals surface area contributed by atoms with Gasteiger partial charge >= 0.3 is 0 Å². The van der Waals surface area contributed by atoms with Gasteiger partial charge in [-0.05, 0) is 38.8 Å². The summed E-state index contributed by atoms with van der Waals surface area (Å²) >= 11 is 3.31. The van der Waals surface area contributed by atoms with Crippen LogP contribution in [0.15, 0.2) is 46.9 Å². The van der Waals surface area contributed by atoms with Gasteiger partial charge in [-0.15, -0.1) is 5.75 Å². The molecule has 0 fully saturated rings. The van der Waals surface area contributed by atoms with Crippen LogP contribution in [-0.2, 0) is 6.54 Å². The number of hydrogen-bond acceptors (Lipinski definition) is 1. The first-order valence-electron chi connectivity index (χ1n) is 14.5. The molecule has 0 aliphatic carbocycles. The lowest BCUT2D eigenvalue weighted by Gasteiger charge is -2.30. The molecule has 0 aromatic heterocycles. The van der Waals surface area contributed by atoms with Crippen LogP contribution in [0.2, 0.25) is 0 Å². The highest BCUT2D eigenvalue weighted by molar-refractivity contribution is 9.10. The van der Waals surface area contributed by atoms with Crippen molar-refractivity contribution in [1.82, 2.24) is 0 Å². The second kappa shape index (κ2) is 19.7. The van der Waals surface area contributed by atoms with E-state index in [0.29, 0.717) is 0 Å². The molecule has 0 saturated carbocycles. The predicted molar refractivity (Wildman–Crippen MR) is 160 cm³/mol. The van der Waals surface area contributed by atoms with Gasteiger partial charge in [-0.3, -0.25) is 0 Å². The van der Waals surface area contributed by atoms with Crippen molar-refractivity contribution in [3.63, 3.8) is 0 Å². The lowest BCUT2D eigenvalue weighted by Crippen LogP contribution is -2.39. The predicted octanol–water partition coefficient (Wildman–Crippen LogP) is 9.88. The SMILES string of the molecule is CCCCCCCCCCCCCCCC[N+](C)(C)Cc1ccccc1.Cc1cc(Br)cc(C)c1[O-]. The van der Waals surface area contributed by atoms with Crippen LogP contribution in [0.1, 0.15) is 114 Å². The Morgan fingerprint density at radius 3 is 1.53 bits per heavy atom. The second-order valence-corrected chi connectivity index (χ2v) is 12.2. The summed E-state index contributed by atoms with van der Waals surface area (Å²) in [6, 6.07) is 14.6. The van der Waals surface area contributed by atoms with Gasteiger partial charge in [0, 0.05) is 10.0 Å². The van der Waals surface area contributed by atoms with Gasteiger partial charge in [0.2, 0.25) is 0 Å². The number of aryl methyl sites for hydroxylation is 2. The van der Waals surface area contributed by atoms with E-state index in [1.807, 2.05) is 26.0 Å². The normalized spacial score (nSPS) is 11.3. The molecule has 0 N–H and O–H groups in total. The van der Waals surface area contributed by atoms with Crippen LogP contribution >= 0.6 is 15.9 Å². The van der Waals surface area contributed by atoms with Gasteiger partial charge in [-0.1, -0.05) is 141 Å². The molecular weight excluding hydrogens is 506 g/mol. The quantitative estimate of drug-likeness (QED) is 0.139. The zero-order valence-electron chi connectivity index (χ0n) is 24.1. The molecule has 3 heteroatoms. The van der Waals surface area contributed by atoms with Crippen LogP contribution in [-0.4, -0.2) is 25.1 Å². The molecule has 0 radical (unpaired) electrons. The monoisotopic (exact) mass is 559 g/mol. The van der Waals surface area contributed by atoms with Crippen molar-refractivity contribution >= 4 is 15.9 Å². The molecule has 2 nitrogen and oxygen atoms in total. The summed E-state index contributed by atoms with van der Waals surface area (Å²) in [4.78, 5) is 0.